The Morgan fingerprint density at radius 2 is 2.10 bits per heavy atom. The molecule has 10 heteroatoms. The quantitative estimate of drug-likeness (QED) is 0.654. The third-order valence-electron chi connectivity index (χ3n) is 4.55. The monoisotopic (exact) mass is 443 g/mol. The molecule has 6 nitrogen and oxygen atoms in total. The van der Waals surface area contributed by atoms with Gasteiger partial charge in [-0.25, -0.2) is 4.98 Å². The van der Waals surface area contributed by atoms with Crippen molar-refractivity contribution in [3.05, 3.63) is 52.6 Å². The van der Waals surface area contributed by atoms with Crippen LogP contribution in [0.2, 0.25) is 5.02 Å². The second-order valence-corrected chi connectivity index (χ2v) is 7.54. The van der Waals surface area contributed by atoms with Gasteiger partial charge in [0.2, 0.25) is 0 Å². The number of aromatic nitrogens is 2. The Balaban J connectivity index is 1.62. The van der Waals surface area contributed by atoms with Crippen molar-refractivity contribution in [2.75, 3.05) is 33.4 Å². The molecule has 0 aliphatic carbocycles. The highest BCUT2D eigenvalue weighted by Gasteiger charge is 2.32. The average Bonchev–Trinajstić information content (AvgIpc) is 2.67. The van der Waals surface area contributed by atoms with Crippen LogP contribution >= 0.6 is 11.6 Å². The van der Waals surface area contributed by atoms with Gasteiger partial charge in [0.25, 0.3) is 0 Å². The van der Waals surface area contributed by atoms with Crippen molar-refractivity contribution in [3.8, 4) is 5.75 Å². The Labute approximate surface area is 177 Å². The molecule has 1 aromatic carbocycles. The molecule has 1 fully saturated rings. The lowest BCUT2D eigenvalue weighted by molar-refractivity contribution is -0.141. The molecule has 3 rings (SSSR count). The van der Waals surface area contributed by atoms with Crippen molar-refractivity contribution in [1.29, 1.82) is 0 Å². The third kappa shape index (κ3) is 6.38. The number of likely N-dealkylation sites (N-methyl/N-ethyl adjacent to an activating group) is 1. The van der Waals surface area contributed by atoms with Crippen LogP contribution in [-0.2, 0) is 28.5 Å². The minimum atomic E-state index is -4.57. The van der Waals surface area contributed by atoms with Crippen molar-refractivity contribution in [3.63, 3.8) is 0 Å². The molecule has 162 valence electrons. The second-order valence-electron chi connectivity index (χ2n) is 7.10. The van der Waals surface area contributed by atoms with Gasteiger partial charge in [-0.3, -0.25) is 9.78 Å². The Morgan fingerprint density at radius 3 is 2.77 bits per heavy atom. The number of hydrogen-bond acceptors (Lipinski definition) is 6. The van der Waals surface area contributed by atoms with Crippen LogP contribution < -0.4 is 4.74 Å². The van der Waals surface area contributed by atoms with E-state index < -0.39 is 11.9 Å². The zero-order valence-corrected chi connectivity index (χ0v) is 17.0. The van der Waals surface area contributed by atoms with Crippen LogP contribution in [-0.4, -0.2) is 60.1 Å². The first-order chi connectivity index (χ1) is 14.2. The van der Waals surface area contributed by atoms with Gasteiger partial charge in [0.05, 0.1) is 24.9 Å². The topological polar surface area (TPSA) is 64.6 Å². The minimum Gasteiger partial charge on any atom is -0.491 e. The molecular weight excluding hydrogens is 423 g/mol. The molecule has 1 saturated heterocycles. The van der Waals surface area contributed by atoms with Crippen LogP contribution in [0.4, 0.5) is 13.2 Å². The van der Waals surface area contributed by atoms with Crippen LogP contribution in [0.5, 0.6) is 5.75 Å². The molecule has 0 saturated carbocycles. The largest absolute Gasteiger partial charge is 0.491 e. The van der Waals surface area contributed by atoms with Crippen LogP contribution in [0.3, 0.4) is 0 Å². The van der Waals surface area contributed by atoms with E-state index in [1.165, 1.54) is 0 Å². The summed E-state index contributed by atoms with van der Waals surface area (Å²) in [5.74, 6) is 0.271. The fraction of sp³-hybridized carbons (Fsp3) is 0.450. The van der Waals surface area contributed by atoms with Gasteiger partial charge < -0.3 is 14.4 Å². The van der Waals surface area contributed by atoms with Gasteiger partial charge in [0.1, 0.15) is 24.2 Å². The lowest BCUT2D eigenvalue weighted by Gasteiger charge is -2.30. The lowest BCUT2D eigenvalue weighted by atomic mass is 10.0. The summed E-state index contributed by atoms with van der Waals surface area (Å²) in [7, 11) is 2.01. The Bertz CT molecular complexity index is 878. The maximum Gasteiger partial charge on any atom is 0.434 e. The second kappa shape index (κ2) is 9.72. The van der Waals surface area contributed by atoms with Crippen LogP contribution in [0.15, 0.2) is 30.6 Å². The van der Waals surface area contributed by atoms with E-state index in [2.05, 4.69) is 14.9 Å². The molecule has 2 aromatic rings. The average molecular weight is 444 g/mol. The van der Waals surface area contributed by atoms with E-state index in [9.17, 15) is 18.0 Å². The Morgan fingerprint density at radius 1 is 1.30 bits per heavy atom. The first-order valence-corrected chi connectivity index (χ1v) is 9.69. The van der Waals surface area contributed by atoms with Gasteiger partial charge >= 0.3 is 6.18 Å². The molecule has 0 unspecified atom stereocenters. The van der Waals surface area contributed by atoms with E-state index in [1.807, 2.05) is 7.05 Å². The molecule has 0 radical (unpaired) electrons. The van der Waals surface area contributed by atoms with E-state index in [4.69, 9.17) is 21.1 Å². The number of halogens is 4. The summed E-state index contributed by atoms with van der Waals surface area (Å²) in [4.78, 5) is 21.6. The molecule has 1 aromatic heterocycles. The SMILES string of the molecule is CN1CCO[C@@H](COc2ccc(Cl)cc2CC(=O)Cc2cnc(C(F)(F)F)cn2)C1. The molecule has 1 aliphatic rings. The highest BCUT2D eigenvalue weighted by atomic mass is 35.5. The van der Waals surface area contributed by atoms with Crippen LogP contribution in [0.25, 0.3) is 0 Å². The number of hydrogen-bond donors (Lipinski definition) is 0. The third-order valence-corrected chi connectivity index (χ3v) is 4.79. The minimum absolute atomic E-state index is 0.00399. The highest BCUT2D eigenvalue weighted by molar-refractivity contribution is 6.30. The van der Waals surface area contributed by atoms with Crippen molar-refractivity contribution >= 4 is 17.4 Å². The number of Topliss-reactive ketones (excluding diaryl/α,β-unsaturated/α-hetero) is 1. The summed E-state index contributed by atoms with van der Waals surface area (Å²) >= 11 is 6.06. The summed E-state index contributed by atoms with van der Waals surface area (Å²) in [5, 5.41) is 0.452. The van der Waals surface area contributed by atoms with Crippen molar-refractivity contribution < 1.29 is 27.4 Å². The van der Waals surface area contributed by atoms with Gasteiger partial charge in [-0.15, -0.1) is 0 Å². The van der Waals surface area contributed by atoms with Gasteiger partial charge in [-0.2, -0.15) is 13.2 Å². The fourth-order valence-electron chi connectivity index (χ4n) is 3.05. The number of ketones is 1. The molecular formula is C20H21ClF3N3O3. The van der Waals surface area contributed by atoms with Crippen molar-refractivity contribution in [1.82, 2.24) is 14.9 Å². The van der Waals surface area contributed by atoms with Crippen molar-refractivity contribution in [2.24, 2.45) is 0 Å². The molecule has 1 aliphatic heterocycles. The predicted molar refractivity (Wildman–Crippen MR) is 104 cm³/mol. The number of morpholine rings is 1. The molecule has 0 amide bonds. The Hall–Kier alpha value is -2.23. The Kier molecular flexibility index (Phi) is 7.27. The number of ether oxygens (including phenoxy) is 2. The molecule has 0 bridgehead atoms. The molecule has 0 N–H and O–H groups in total. The summed E-state index contributed by atoms with van der Waals surface area (Å²) < 4.78 is 49.3. The van der Waals surface area contributed by atoms with Crippen LogP contribution in [0, 0.1) is 0 Å². The first kappa shape index (κ1) is 22.5. The summed E-state index contributed by atoms with van der Waals surface area (Å²) in [5.41, 5.74) is -0.340. The van der Waals surface area contributed by atoms with Gasteiger partial charge in [-0.05, 0) is 25.2 Å². The summed E-state index contributed by atoms with van der Waals surface area (Å²) in [6.07, 6.45) is -3.20. The summed E-state index contributed by atoms with van der Waals surface area (Å²) in [6, 6.07) is 5.00. The van der Waals surface area contributed by atoms with E-state index >= 15 is 0 Å². The number of carbonyl (C=O) groups excluding carboxylic acids is 1. The number of carbonyl (C=O) groups is 1. The van der Waals surface area contributed by atoms with E-state index in [-0.39, 0.29) is 30.4 Å². The molecule has 0 spiro atoms. The fourth-order valence-corrected chi connectivity index (χ4v) is 3.24. The zero-order valence-electron chi connectivity index (χ0n) is 16.3. The standard InChI is InChI=1S/C20H21ClF3N3O3/c1-27-4-5-29-17(11-27)12-30-18-3-2-14(21)6-13(18)7-16(28)8-15-9-26-19(10-25-15)20(22,23)24/h2-3,6,9-10,17H,4-5,7-8,11-12H2,1H3/t17-/m1/s1. The van der Waals surface area contributed by atoms with Crippen LogP contribution in [0.1, 0.15) is 17.0 Å². The first-order valence-electron chi connectivity index (χ1n) is 9.32. The number of benzene rings is 1. The molecule has 2 heterocycles. The predicted octanol–water partition coefficient (Wildman–Crippen LogP) is 3.21. The highest BCUT2D eigenvalue weighted by Crippen LogP contribution is 2.27. The zero-order chi connectivity index (χ0) is 21.7. The molecule has 30 heavy (non-hydrogen) atoms. The molecule has 1 atom stereocenters. The lowest BCUT2D eigenvalue weighted by Crippen LogP contribution is -2.42. The smallest absolute Gasteiger partial charge is 0.434 e. The van der Waals surface area contributed by atoms with Gasteiger partial charge in [-0.1, -0.05) is 11.6 Å². The number of alkyl halides is 3. The van der Waals surface area contributed by atoms with Crippen molar-refractivity contribution in [2.45, 2.75) is 25.1 Å². The van der Waals surface area contributed by atoms with Gasteiger partial charge in [0.15, 0.2) is 5.69 Å². The van der Waals surface area contributed by atoms with E-state index in [0.29, 0.717) is 35.7 Å². The van der Waals surface area contributed by atoms with E-state index in [1.54, 1.807) is 18.2 Å². The normalized spacial score (nSPS) is 17.7. The summed E-state index contributed by atoms with van der Waals surface area (Å²) in [6.45, 7) is 2.57. The van der Waals surface area contributed by atoms with E-state index in [0.717, 1.165) is 19.3 Å². The van der Waals surface area contributed by atoms with Gasteiger partial charge in [0, 0.05) is 36.3 Å². The number of rotatable bonds is 7. The maximum atomic E-state index is 12.6. The maximum absolute atomic E-state index is 12.6. The number of nitrogens with zero attached hydrogens (tertiary/aromatic N) is 3.